The Bertz CT molecular complexity index is 482. The molecule has 1 heterocycles. The van der Waals surface area contributed by atoms with E-state index in [0.29, 0.717) is 25.5 Å². The highest BCUT2D eigenvalue weighted by molar-refractivity contribution is 5.33. The minimum Gasteiger partial charge on any atom is -0.388 e. The summed E-state index contributed by atoms with van der Waals surface area (Å²) in [6, 6.07) is 9.78. The maximum Gasteiger partial charge on any atom is 0.163 e. The Morgan fingerprint density at radius 2 is 1.89 bits per heavy atom. The number of nitrogens with zero attached hydrogens (tertiary/aromatic N) is 3. The third-order valence-electron chi connectivity index (χ3n) is 2.63. The second-order valence-corrected chi connectivity index (χ2v) is 3.81. The second-order valence-electron chi connectivity index (χ2n) is 3.81. The molecule has 0 spiro atoms. The Kier molecular flexibility index (Phi) is 4.44. The molecule has 2 rings (SSSR count). The SMILES string of the molecule is CCOCCc1nnc(CO)n1-c1ccccc1. The zero-order valence-corrected chi connectivity index (χ0v) is 10.4. The van der Waals surface area contributed by atoms with Crippen LogP contribution in [0, 0.1) is 0 Å². The number of benzene rings is 1. The Morgan fingerprint density at radius 3 is 2.56 bits per heavy atom. The molecule has 0 saturated carbocycles. The normalized spacial score (nSPS) is 10.8. The van der Waals surface area contributed by atoms with Crippen molar-refractivity contribution in [3.63, 3.8) is 0 Å². The van der Waals surface area contributed by atoms with Crippen LogP contribution in [0.4, 0.5) is 0 Å². The number of aliphatic hydroxyl groups excluding tert-OH is 1. The highest BCUT2D eigenvalue weighted by Gasteiger charge is 2.12. The average Bonchev–Trinajstić information content (AvgIpc) is 2.83. The van der Waals surface area contributed by atoms with Gasteiger partial charge in [0.15, 0.2) is 5.82 Å². The number of para-hydroxylation sites is 1. The van der Waals surface area contributed by atoms with Crippen molar-refractivity contribution in [2.24, 2.45) is 0 Å². The van der Waals surface area contributed by atoms with Crippen molar-refractivity contribution in [1.29, 1.82) is 0 Å². The summed E-state index contributed by atoms with van der Waals surface area (Å²) in [4.78, 5) is 0. The summed E-state index contributed by atoms with van der Waals surface area (Å²) >= 11 is 0. The Labute approximate surface area is 106 Å². The van der Waals surface area contributed by atoms with E-state index in [4.69, 9.17) is 4.74 Å². The molecule has 5 heteroatoms. The highest BCUT2D eigenvalue weighted by Crippen LogP contribution is 2.13. The molecule has 0 aliphatic heterocycles. The van der Waals surface area contributed by atoms with Crippen LogP contribution < -0.4 is 0 Å². The number of ether oxygens (including phenoxy) is 1. The summed E-state index contributed by atoms with van der Waals surface area (Å²) in [5.74, 6) is 1.35. The van der Waals surface area contributed by atoms with Crippen molar-refractivity contribution in [1.82, 2.24) is 14.8 Å². The van der Waals surface area contributed by atoms with Gasteiger partial charge in [-0.15, -0.1) is 10.2 Å². The molecule has 96 valence electrons. The van der Waals surface area contributed by atoms with E-state index >= 15 is 0 Å². The molecule has 0 radical (unpaired) electrons. The van der Waals surface area contributed by atoms with Crippen LogP contribution in [0.1, 0.15) is 18.6 Å². The molecule has 0 atom stereocenters. The zero-order valence-electron chi connectivity index (χ0n) is 10.4. The van der Waals surface area contributed by atoms with Gasteiger partial charge in [-0.1, -0.05) is 18.2 Å². The number of aliphatic hydroxyl groups is 1. The van der Waals surface area contributed by atoms with Crippen LogP contribution >= 0.6 is 0 Å². The predicted molar refractivity (Wildman–Crippen MR) is 67.5 cm³/mol. The maximum atomic E-state index is 9.31. The van der Waals surface area contributed by atoms with Gasteiger partial charge in [-0.2, -0.15) is 0 Å². The summed E-state index contributed by atoms with van der Waals surface area (Å²) < 4.78 is 7.20. The third-order valence-corrected chi connectivity index (χ3v) is 2.63. The van der Waals surface area contributed by atoms with Gasteiger partial charge >= 0.3 is 0 Å². The van der Waals surface area contributed by atoms with Crippen molar-refractivity contribution in [3.05, 3.63) is 42.0 Å². The molecule has 2 aromatic rings. The molecule has 5 nitrogen and oxygen atoms in total. The van der Waals surface area contributed by atoms with Gasteiger partial charge in [0.2, 0.25) is 0 Å². The molecule has 0 aliphatic carbocycles. The van der Waals surface area contributed by atoms with Crippen molar-refractivity contribution < 1.29 is 9.84 Å². The van der Waals surface area contributed by atoms with E-state index in [2.05, 4.69) is 10.2 Å². The van der Waals surface area contributed by atoms with Crippen LogP contribution in [0.5, 0.6) is 0 Å². The summed E-state index contributed by atoms with van der Waals surface area (Å²) in [6.07, 6.45) is 0.676. The molecule has 1 aromatic carbocycles. The first-order chi connectivity index (χ1) is 8.86. The summed E-state index contributed by atoms with van der Waals surface area (Å²) in [5, 5.41) is 17.4. The molecule has 1 N–H and O–H groups in total. The Hall–Kier alpha value is -1.72. The Balaban J connectivity index is 2.28. The molecule has 0 bridgehead atoms. The highest BCUT2D eigenvalue weighted by atomic mass is 16.5. The van der Waals surface area contributed by atoms with E-state index in [1.54, 1.807) is 0 Å². The van der Waals surface area contributed by atoms with E-state index < -0.39 is 0 Å². The van der Waals surface area contributed by atoms with Crippen LogP contribution in [-0.4, -0.2) is 33.1 Å². The largest absolute Gasteiger partial charge is 0.388 e. The third kappa shape index (κ3) is 2.75. The molecule has 0 saturated heterocycles. The van der Waals surface area contributed by atoms with Crippen LogP contribution in [0.2, 0.25) is 0 Å². The van der Waals surface area contributed by atoms with E-state index in [9.17, 15) is 5.11 Å². The summed E-state index contributed by atoms with van der Waals surface area (Å²) in [7, 11) is 0. The number of hydrogen-bond donors (Lipinski definition) is 1. The Morgan fingerprint density at radius 1 is 1.17 bits per heavy atom. The van der Waals surface area contributed by atoms with Gasteiger partial charge in [0, 0.05) is 18.7 Å². The van der Waals surface area contributed by atoms with Crippen LogP contribution in [0.15, 0.2) is 30.3 Å². The topological polar surface area (TPSA) is 60.2 Å². The zero-order chi connectivity index (χ0) is 12.8. The van der Waals surface area contributed by atoms with Gasteiger partial charge in [0.25, 0.3) is 0 Å². The molecule has 0 unspecified atom stereocenters. The lowest BCUT2D eigenvalue weighted by atomic mass is 10.3. The fourth-order valence-corrected chi connectivity index (χ4v) is 1.80. The smallest absolute Gasteiger partial charge is 0.163 e. The van der Waals surface area contributed by atoms with E-state index in [1.165, 1.54) is 0 Å². The van der Waals surface area contributed by atoms with Gasteiger partial charge in [-0.25, -0.2) is 0 Å². The van der Waals surface area contributed by atoms with E-state index in [0.717, 1.165) is 11.5 Å². The summed E-state index contributed by atoms with van der Waals surface area (Å²) in [5.41, 5.74) is 0.957. The number of rotatable bonds is 6. The van der Waals surface area contributed by atoms with Gasteiger partial charge in [-0.3, -0.25) is 4.57 Å². The molecule has 18 heavy (non-hydrogen) atoms. The second kappa shape index (κ2) is 6.28. The van der Waals surface area contributed by atoms with Crippen molar-refractivity contribution in [3.8, 4) is 5.69 Å². The lowest BCUT2D eigenvalue weighted by Crippen LogP contribution is -2.08. The molecule has 1 aromatic heterocycles. The van der Waals surface area contributed by atoms with Crippen molar-refractivity contribution in [2.45, 2.75) is 20.0 Å². The van der Waals surface area contributed by atoms with Crippen LogP contribution in [0.3, 0.4) is 0 Å². The van der Waals surface area contributed by atoms with E-state index in [-0.39, 0.29) is 6.61 Å². The fraction of sp³-hybridized carbons (Fsp3) is 0.385. The molecule has 0 amide bonds. The van der Waals surface area contributed by atoms with Crippen molar-refractivity contribution in [2.75, 3.05) is 13.2 Å². The minimum absolute atomic E-state index is 0.128. The minimum atomic E-state index is -0.128. The molecular weight excluding hydrogens is 230 g/mol. The summed E-state index contributed by atoms with van der Waals surface area (Å²) in [6.45, 7) is 3.12. The van der Waals surface area contributed by atoms with Crippen molar-refractivity contribution >= 4 is 0 Å². The molecule has 0 fully saturated rings. The van der Waals surface area contributed by atoms with Crippen LogP contribution in [-0.2, 0) is 17.8 Å². The maximum absolute atomic E-state index is 9.31. The first-order valence-corrected chi connectivity index (χ1v) is 6.04. The van der Waals surface area contributed by atoms with Gasteiger partial charge in [-0.05, 0) is 19.1 Å². The lowest BCUT2D eigenvalue weighted by molar-refractivity contribution is 0.149. The standard InChI is InChI=1S/C13H17N3O2/c1-2-18-9-8-12-14-15-13(10-17)16(12)11-6-4-3-5-7-11/h3-7,17H,2,8-10H2,1H3. The predicted octanol–water partition coefficient (Wildman–Crippen LogP) is 1.34. The first kappa shape index (κ1) is 12.7. The van der Waals surface area contributed by atoms with Gasteiger partial charge < -0.3 is 9.84 Å². The van der Waals surface area contributed by atoms with Gasteiger partial charge in [0.05, 0.1) is 6.61 Å². The quantitative estimate of drug-likeness (QED) is 0.782. The first-order valence-electron chi connectivity index (χ1n) is 6.04. The number of aromatic nitrogens is 3. The molecular formula is C13H17N3O2. The monoisotopic (exact) mass is 247 g/mol. The van der Waals surface area contributed by atoms with Crippen LogP contribution in [0.25, 0.3) is 5.69 Å². The lowest BCUT2D eigenvalue weighted by Gasteiger charge is -2.09. The number of hydrogen-bond acceptors (Lipinski definition) is 4. The van der Waals surface area contributed by atoms with E-state index in [1.807, 2.05) is 41.8 Å². The average molecular weight is 247 g/mol. The van der Waals surface area contributed by atoms with Gasteiger partial charge in [0.1, 0.15) is 12.4 Å². The molecule has 0 aliphatic rings. The fourth-order valence-electron chi connectivity index (χ4n) is 1.80.